The Morgan fingerprint density at radius 2 is 2.00 bits per heavy atom. The first kappa shape index (κ1) is 10.4. The first-order chi connectivity index (χ1) is 7.74. The molecule has 0 amide bonds. The summed E-state index contributed by atoms with van der Waals surface area (Å²) in [5.74, 6) is 0.450. The number of aromatic nitrogens is 4. The maximum absolute atomic E-state index is 5.17. The van der Waals surface area contributed by atoms with Gasteiger partial charge in [0, 0.05) is 19.4 Å². The van der Waals surface area contributed by atoms with Gasteiger partial charge in [-0.05, 0) is 0 Å². The van der Waals surface area contributed by atoms with Crippen molar-refractivity contribution in [1.82, 2.24) is 19.5 Å². The number of ether oxygens (including phenoxy) is 2. The van der Waals surface area contributed by atoms with Gasteiger partial charge in [-0.1, -0.05) is 0 Å². The molecular formula is C10H12N4O2. The van der Waals surface area contributed by atoms with Gasteiger partial charge in [0.2, 0.25) is 5.88 Å². The molecule has 0 N–H and O–H groups in total. The molecule has 0 saturated heterocycles. The van der Waals surface area contributed by atoms with E-state index in [-0.39, 0.29) is 6.01 Å². The number of aryl methyl sites for hydroxylation is 1. The lowest BCUT2D eigenvalue weighted by Gasteiger charge is -2.05. The molecule has 0 aliphatic rings. The quantitative estimate of drug-likeness (QED) is 0.768. The summed E-state index contributed by atoms with van der Waals surface area (Å²) in [6.45, 7) is 0. The van der Waals surface area contributed by atoms with E-state index in [1.807, 2.05) is 17.8 Å². The van der Waals surface area contributed by atoms with Crippen molar-refractivity contribution in [1.29, 1.82) is 0 Å². The molecule has 2 aromatic heterocycles. The van der Waals surface area contributed by atoms with Crippen LogP contribution in [0.2, 0.25) is 0 Å². The van der Waals surface area contributed by atoms with E-state index in [0.717, 1.165) is 11.3 Å². The van der Waals surface area contributed by atoms with Crippen molar-refractivity contribution in [2.45, 2.75) is 0 Å². The zero-order chi connectivity index (χ0) is 11.5. The second-order valence-electron chi connectivity index (χ2n) is 3.20. The summed E-state index contributed by atoms with van der Waals surface area (Å²) in [5.41, 5.74) is 1.51. The van der Waals surface area contributed by atoms with Crippen molar-refractivity contribution in [3.8, 4) is 23.1 Å². The van der Waals surface area contributed by atoms with Gasteiger partial charge in [-0.25, -0.2) is 9.97 Å². The monoisotopic (exact) mass is 220 g/mol. The summed E-state index contributed by atoms with van der Waals surface area (Å²) >= 11 is 0. The second kappa shape index (κ2) is 4.18. The predicted molar refractivity (Wildman–Crippen MR) is 57.3 cm³/mol. The fraction of sp³-hybridized carbons (Fsp3) is 0.300. The molecule has 2 heterocycles. The van der Waals surface area contributed by atoms with Crippen molar-refractivity contribution in [3.63, 3.8) is 0 Å². The Hall–Kier alpha value is -2.11. The number of methoxy groups -OCH3 is 2. The van der Waals surface area contributed by atoms with Crippen LogP contribution in [0, 0.1) is 0 Å². The van der Waals surface area contributed by atoms with Gasteiger partial charge >= 0.3 is 6.01 Å². The molecule has 0 radical (unpaired) electrons. The lowest BCUT2D eigenvalue weighted by molar-refractivity contribution is 0.353. The lowest BCUT2D eigenvalue weighted by Crippen LogP contribution is -1.97. The number of hydrogen-bond donors (Lipinski definition) is 0. The highest BCUT2D eigenvalue weighted by molar-refractivity contribution is 5.63. The van der Waals surface area contributed by atoms with Gasteiger partial charge in [0.05, 0.1) is 31.8 Å². The van der Waals surface area contributed by atoms with Crippen LogP contribution in [0.4, 0.5) is 0 Å². The SMILES string of the molecule is COc1ncc(-c2cn(C)cn2)c(OC)n1. The second-order valence-corrected chi connectivity index (χ2v) is 3.20. The number of hydrogen-bond acceptors (Lipinski definition) is 5. The third-order valence-electron chi connectivity index (χ3n) is 2.09. The third-order valence-corrected chi connectivity index (χ3v) is 2.09. The van der Waals surface area contributed by atoms with Crippen molar-refractivity contribution in [2.24, 2.45) is 7.05 Å². The van der Waals surface area contributed by atoms with E-state index in [0.29, 0.717) is 5.88 Å². The molecular weight excluding hydrogens is 208 g/mol. The van der Waals surface area contributed by atoms with Gasteiger partial charge in [0.1, 0.15) is 0 Å². The summed E-state index contributed by atoms with van der Waals surface area (Å²) in [5, 5.41) is 0. The van der Waals surface area contributed by atoms with Crippen LogP contribution in [0.25, 0.3) is 11.3 Å². The lowest BCUT2D eigenvalue weighted by atomic mass is 10.2. The molecule has 2 aromatic rings. The average Bonchev–Trinajstić information content (AvgIpc) is 2.74. The van der Waals surface area contributed by atoms with E-state index in [2.05, 4.69) is 15.0 Å². The van der Waals surface area contributed by atoms with Crippen LogP contribution in [0.3, 0.4) is 0 Å². The Morgan fingerprint density at radius 1 is 1.19 bits per heavy atom. The van der Waals surface area contributed by atoms with Crippen LogP contribution in [-0.2, 0) is 7.05 Å². The molecule has 0 unspecified atom stereocenters. The van der Waals surface area contributed by atoms with Crippen LogP contribution < -0.4 is 9.47 Å². The first-order valence-corrected chi connectivity index (χ1v) is 4.68. The van der Waals surface area contributed by atoms with Crippen LogP contribution in [0.5, 0.6) is 11.9 Å². The summed E-state index contributed by atoms with van der Waals surface area (Å²) in [6.07, 6.45) is 5.21. The Balaban J connectivity index is 2.48. The minimum Gasteiger partial charge on any atom is -0.480 e. The zero-order valence-corrected chi connectivity index (χ0v) is 9.34. The third kappa shape index (κ3) is 1.81. The number of rotatable bonds is 3. The van der Waals surface area contributed by atoms with Crippen LogP contribution in [0.1, 0.15) is 0 Å². The van der Waals surface area contributed by atoms with Gasteiger partial charge in [-0.3, -0.25) is 0 Å². The van der Waals surface area contributed by atoms with Crippen molar-refractivity contribution in [2.75, 3.05) is 14.2 Å². The Kier molecular flexibility index (Phi) is 2.72. The normalized spacial score (nSPS) is 10.2. The van der Waals surface area contributed by atoms with E-state index in [4.69, 9.17) is 9.47 Å². The molecule has 0 atom stereocenters. The largest absolute Gasteiger partial charge is 0.480 e. The van der Waals surface area contributed by atoms with Crippen LogP contribution in [-0.4, -0.2) is 33.7 Å². The van der Waals surface area contributed by atoms with Crippen LogP contribution in [0.15, 0.2) is 18.7 Å². The van der Waals surface area contributed by atoms with Crippen molar-refractivity contribution < 1.29 is 9.47 Å². The average molecular weight is 220 g/mol. The molecule has 6 nitrogen and oxygen atoms in total. The highest BCUT2D eigenvalue weighted by Crippen LogP contribution is 2.26. The summed E-state index contributed by atoms with van der Waals surface area (Å²) in [7, 11) is 4.96. The Labute approximate surface area is 92.9 Å². The highest BCUT2D eigenvalue weighted by Gasteiger charge is 2.12. The highest BCUT2D eigenvalue weighted by atomic mass is 16.5. The molecule has 2 rings (SSSR count). The number of imidazole rings is 1. The molecule has 6 heteroatoms. The number of nitrogens with zero attached hydrogens (tertiary/aromatic N) is 4. The summed E-state index contributed by atoms with van der Waals surface area (Å²) in [6, 6.07) is 0.275. The van der Waals surface area contributed by atoms with E-state index >= 15 is 0 Å². The van der Waals surface area contributed by atoms with E-state index < -0.39 is 0 Å². The standard InChI is InChI=1S/C10H12N4O2/c1-14-5-8(12-6-14)7-4-11-10(16-3)13-9(7)15-2/h4-6H,1-3H3. The van der Waals surface area contributed by atoms with Gasteiger partial charge in [-0.2, -0.15) is 4.98 Å². The summed E-state index contributed by atoms with van der Waals surface area (Å²) < 4.78 is 11.9. The fourth-order valence-electron chi connectivity index (χ4n) is 1.33. The Bertz CT molecular complexity index is 495. The first-order valence-electron chi connectivity index (χ1n) is 4.68. The molecule has 84 valence electrons. The fourth-order valence-corrected chi connectivity index (χ4v) is 1.33. The van der Waals surface area contributed by atoms with Gasteiger partial charge < -0.3 is 14.0 Å². The summed E-state index contributed by atoms with van der Waals surface area (Å²) in [4.78, 5) is 12.3. The van der Waals surface area contributed by atoms with Crippen molar-refractivity contribution >= 4 is 0 Å². The maximum Gasteiger partial charge on any atom is 0.319 e. The molecule has 0 fully saturated rings. The predicted octanol–water partition coefficient (Wildman–Crippen LogP) is 0.894. The zero-order valence-electron chi connectivity index (χ0n) is 9.34. The van der Waals surface area contributed by atoms with Gasteiger partial charge in [0.25, 0.3) is 0 Å². The minimum absolute atomic E-state index is 0.275. The molecule has 0 bridgehead atoms. The molecule has 0 spiro atoms. The molecule has 0 aromatic carbocycles. The van der Waals surface area contributed by atoms with Crippen LogP contribution >= 0.6 is 0 Å². The van der Waals surface area contributed by atoms with E-state index in [1.54, 1.807) is 19.6 Å². The van der Waals surface area contributed by atoms with Gasteiger partial charge in [-0.15, -0.1) is 0 Å². The molecule has 16 heavy (non-hydrogen) atoms. The molecule has 0 aliphatic heterocycles. The molecule has 0 saturated carbocycles. The van der Waals surface area contributed by atoms with E-state index in [1.165, 1.54) is 7.11 Å². The topological polar surface area (TPSA) is 62.1 Å². The van der Waals surface area contributed by atoms with Crippen molar-refractivity contribution in [3.05, 3.63) is 18.7 Å². The minimum atomic E-state index is 0.275. The molecule has 0 aliphatic carbocycles. The van der Waals surface area contributed by atoms with E-state index in [9.17, 15) is 0 Å². The smallest absolute Gasteiger partial charge is 0.319 e. The Morgan fingerprint density at radius 3 is 2.56 bits per heavy atom. The van der Waals surface area contributed by atoms with Gasteiger partial charge in [0.15, 0.2) is 0 Å². The maximum atomic E-state index is 5.17.